The number of nitrogens with two attached hydrogens (primary N) is 1. The zero-order chi connectivity index (χ0) is 15.5. The lowest BCUT2D eigenvalue weighted by molar-refractivity contribution is 0.452. The molecule has 8 heteroatoms. The number of thiocarbonyl (C=S) groups is 1. The maximum atomic E-state index is 12.2. The second-order valence-electron chi connectivity index (χ2n) is 4.29. The van der Waals surface area contributed by atoms with Gasteiger partial charge < -0.3 is 10.2 Å². The summed E-state index contributed by atoms with van der Waals surface area (Å²) in [7, 11) is -3.68. The fraction of sp³-hybridized carbons (Fsp3) is 0.231. The average Bonchev–Trinajstić information content (AvgIpc) is 2.93. The van der Waals surface area contributed by atoms with E-state index in [4.69, 9.17) is 22.4 Å². The van der Waals surface area contributed by atoms with Gasteiger partial charge in [0.05, 0.1) is 17.6 Å². The van der Waals surface area contributed by atoms with Gasteiger partial charge in [-0.15, -0.1) is 0 Å². The van der Waals surface area contributed by atoms with Crippen molar-refractivity contribution < 1.29 is 12.8 Å². The first-order valence-corrected chi connectivity index (χ1v) is 8.14. The highest BCUT2D eigenvalue weighted by atomic mass is 32.2. The van der Waals surface area contributed by atoms with Crippen LogP contribution in [0.1, 0.15) is 24.1 Å². The van der Waals surface area contributed by atoms with Gasteiger partial charge in [-0.1, -0.05) is 31.3 Å². The number of oxazole rings is 1. The minimum absolute atomic E-state index is 0.0143. The molecule has 1 aromatic carbocycles. The third-order valence-electron chi connectivity index (χ3n) is 2.79. The molecule has 1 aromatic heterocycles. The largest absolute Gasteiger partial charge is 0.444 e. The molecule has 0 radical (unpaired) electrons. The number of nitrogens with zero attached hydrogens (tertiary/aromatic N) is 1. The summed E-state index contributed by atoms with van der Waals surface area (Å²) >= 11 is 4.84. The summed E-state index contributed by atoms with van der Waals surface area (Å²) in [6.07, 6.45) is 2.28. The van der Waals surface area contributed by atoms with Gasteiger partial charge in [-0.05, 0) is 12.1 Å². The highest BCUT2D eigenvalue weighted by Crippen LogP contribution is 2.12. The Morgan fingerprint density at radius 1 is 1.48 bits per heavy atom. The van der Waals surface area contributed by atoms with E-state index in [-0.39, 0.29) is 16.4 Å². The molecule has 0 fully saturated rings. The van der Waals surface area contributed by atoms with Crippen molar-refractivity contribution in [3.63, 3.8) is 0 Å². The van der Waals surface area contributed by atoms with Crippen molar-refractivity contribution in [1.29, 1.82) is 0 Å². The molecule has 0 aliphatic heterocycles. The Balaban J connectivity index is 2.14. The molecule has 0 aliphatic rings. The van der Waals surface area contributed by atoms with Gasteiger partial charge in [-0.25, -0.2) is 18.1 Å². The van der Waals surface area contributed by atoms with Gasteiger partial charge in [0.2, 0.25) is 15.9 Å². The van der Waals surface area contributed by atoms with Crippen molar-refractivity contribution in [2.75, 3.05) is 0 Å². The predicted octanol–water partition coefficient (Wildman–Crippen LogP) is 1.35. The summed E-state index contributed by atoms with van der Waals surface area (Å²) in [4.78, 5) is 4.23. The van der Waals surface area contributed by atoms with E-state index >= 15 is 0 Å². The van der Waals surface area contributed by atoms with Crippen molar-refractivity contribution in [2.45, 2.75) is 24.8 Å². The molecule has 0 saturated carbocycles. The van der Waals surface area contributed by atoms with E-state index in [0.717, 1.165) is 0 Å². The van der Waals surface area contributed by atoms with Gasteiger partial charge in [0.25, 0.3) is 0 Å². The molecule has 6 nitrogen and oxygen atoms in total. The summed E-state index contributed by atoms with van der Waals surface area (Å²) in [6.45, 7) is 1.91. The van der Waals surface area contributed by atoms with Gasteiger partial charge >= 0.3 is 0 Å². The molecule has 2 aromatic rings. The molecule has 0 saturated heterocycles. The molecule has 0 aliphatic carbocycles. The van der Waals surface area contributed by atoms with Crippen molar-refractivity contribution in [1.82, 2.24) is 9.71 Å². The molecule has 0 amide bonds. The van der Waals surface area contributed by atoms with E-state index < -0.39 is 10.0 Å². The summed E-state index contributed by atoms with van der Waals surface area (Å²) in [5.74, 6) is 1.03. The van der Waals surface area contributed by atoms with Gasteiger partial charge in [0.15, 0.2) is 0 Å². The maximum absolute atomic E-state index is 12.2. The van der Waals surface area contributed by atoms with Gasteiger partial charge in [-0.3, -0.25) is 0 Å². The number of hydrogen-bond acceptors (Lipinski definition) is 5. The van der Waals surface area contributed by atoms with Crippen molar-refractivity contribution in [3.05, 3.63) is 47.7 Å². The quantitative estimate of drug-likeness (QED) is 0.778. The van der Waals surface area contributed by atoms with Gasteiger partial charge in [-0.2, -0.15) is 0 Å². The lowest BCUT2D eigenvalue weighted by Gasteiger charge is -2.06. The van der Waals surface area contributed by atoms with Crippen molar-refractivity contribution in [2.24, 2.45) is 5.73 Å². The standard InChI is InChI=1S/C13H15N3O3S2/c1-2-10-7-15-12(19-10)8-16-21(17,18)11-5-3-4-9(6-11)13(14)20/h3-7,16H,2,8H2,1H3,(H2,14,20). The van der Waals surface area contributed by atoms with Crippen LogP contribution in [0.15, 0.2) is 39.8 Å². The lowest BCUT2D eigenvalue weighted by Crippen LogP contribution is -2.24. The van der Waals surface area contributed by atoms with E-state index in [1.165, 1.54) is 12.1 Å². The first-order chi connectivity index (χ1) is 9.92. The Bertz CT molecular complexity index is 754. The zero-order valence-electron chi connectivity index (χ0n) is 11.4. The molecular formula is C13H15N3O3S2. The minimum atomic E-state index is -3.68. The van der Waals surface area contributed by atoms with Crippen LogP contribution in [0.3, 0.4) is 0 Å². The molecule has 3 N–H and O–H groups in total. The maximum Gasteiger partial charge on any atom is 0.241 e. The molecule has 0 spiro atoms. The third-order valence-corrected chi connectivity index (χ3v) is 4.43. The highest BCUT2D eigenvalue weighted by Gasteiger charge is 2.16. The smallest absolute Gasteiger partial charge is 0.241 e. The Labute approximate surface area is 128 Å². The van der Waals surface area contributed by atoms with Crippen LogP contribution in [0.25, 0.3) is 0 Å². The van der Waals surface area contributed by atoms with Crippen LogP contribution in [0.4, 0.5) is 0 Å². The van der Waals surface area contributed by atoms with E-state index in [1.54, 1.807) is 18.3 Å². The van der Waals surface area contributed by atoms with Gasteiger partial charge in [0.1, 0.15) is 10.7 Å². The van der Waals surface area contributed by atoms with E-state index in [9.17, 15) is 8.42 Å². The number of aromatic nitrogens is 1. The summed E-state index contributed by atoms with van der Waals surface area (Å²) < 4.78 is 32.2. The SMILES string of the molecule is CCc1cnc(CNS(=O)(=O)c2cccc(C(N)=S)c2)o1. The number of sulfonamides is 1. The summed E-state index contributed by atoms with van der Waals surface area (Å²) in [5, 5.41) is 0. The second kappa shape index (κ2) is 6.33. The summed E-state index contributed by atoms with van der Waals surface area (Å²) in [5.41, 5.74) is 6.00. The molecular weight excluding hydrogens is 310 g/mol. The molecule has 0 atom stereocenters. The van der Waals surface area contributed by atoms with Crippen molar-refractivity contribution >= 4 is 27.2 Å². The molecule has 21 heavy (non-hydrogen) atoms. The molecule has 2 rings (SSSR count). The van der Waals surface area contributed by atoms with Crippen LogP contribution >= 0.6 is 12.2 Å². The average molecular weight is 325 g/mol. The lowest BCUT2D eigenvalue weighted by atomic mass is 10.2. The van der Waals surface area contributed by atoms with Crippen LogP contribution in [-0.2, 0) is 23.0 Å². The summed E-state index contributed by atoms with van der Waals surface area (Å²) in [6, 6.07) is 6.14. The van der Waals surface area contributed by atoms with Crippen molar-refractivity contribution in [3.8, 4) is 0 Å². The molecule has 0 bridgehead atoms. The first-order valence-electron chi connectivity index (χ1n) is 6.25. The number of hydrogen-bond donors (Lipinski definition) is 2. The van der Waals surface area contributed by atoms with Gasteiger partial charge in [0, 0.05) is 12.0 Å². The van der Waals surface area contributed by atoms with E-state index in [0.29, 0.717) is 23.6 Å². The Morgan fingerprint density at radius 2 is 2.24 bits per heavy atom. The number of rotatable bonds is 6. The second-order valence-corrected chi connectivity index (χ2v) is 6.50. The van der Waals surface area contributed by atoms with E-state index in [2.05, 4.69) is 9.71 Å². The first kappa shape index (κ1) is 15.6. The Kier molecular flexibility index (Phi) is 4.71. The fourth-order valence-corrected chi connectivity index (χ4v) is 2.80. The Hall–Kier alpha value is -1.77. The number of nitrogens with one attached hydrogen (secondary N) is 1. The van der Waals surface area contributed by atoms with Crippen LogP contribution in [0, 0.1) is 0 Å². The normalized spacial score (nSPS) is 11.5. The molecule has 0 unspecified atom stereocenters. The topological polar surface area (TPSA) is 98.2 Å². The third kappa shape index (κ3) is 3.87. The number of aryl methyl sites for hydroxylation is 1. The van der Waals surface area contributed by atoms with Crippen LogP contribution < -0.4 is 10.5 Å². The molecule has 112 valence electrons. The van der Waals surface area contributed by atoms with Crippen LogP contribution in [0.5, 0.6) is 0 Å². The highest BCUT2D eigenvalue weighted by molar-refractivity contribution is 7.89. The zero-order valence-corrected chi connectivity index (χ0v) is 13.0. The molecule has 1 heterocycles. The minimum Gasteiger partial charge on any atom is -0.444 e. The fourth-order valence-electron chi connectivity index (χ4n) is 1.65. The Morgan fingerprint density at radius 3 is 2.86 bits per heavy atom. The van der Waals surface area contributed by atoms with Crippen LogP contribution in [-0.4, -0.2) is 18.4 Å². The monoisotopic (exact) mass is 325 g/mol. The number of benzene rings is 1. The predicted molar refractivity (Wildman–Crippen MR) is 82.2 cm³/mol. The van der Waals surface area contributed by atoms with E-state index in [1.807, 2.05) is 6.92 Å². The van der Waals surface area contributed by atoms with Crippen LogP contribution in [0.2, 0.25) is 0 Å².